The molecular weight excluding hydrogens is 262 g/mol. The molecule has 100 valence electrons. The van der Waals surface area contributed by atoms with Crippen LogP contribution in [0.1, 0.15) is 18.2 Å². The Hall–Kier alpha value is -1.79. The summed E-state index contributed by atoms with van der Waals surface area (Å²) >= 11 is 1.51. The molecule has 1 aromatic carbocycles. The number of nitrogens with one attached hydrogen (secondary N) is 1. The molecule has 0 saturated carbocycles. The van der Waals surface area contributed by atoms with Crippen LogP contribution in [0.25, 0.3) is 10.6 Å². The van der Waals surface area contributed by atoms with Gasteiger partial charge in [0.2, 0.25) is 0 Å². The van der Waals surface area contributed by atoms with Gasteiger partial charge in [-0.1, -0.05) is 13.0 Å². The molecular formula is C13H15N3O2S. The predicted molar refractivity (Wildman–Crippen MR) is 76.3 cm³/mol. The van der Waals surface area contributed by atoms with E-state index in [0.717, 1.165) is 34.9 Å². The highest BCUT2D eigenvalue weighted by Gasteiger charge is 2.12. The van der Waals surface area contributed by atoms with E-state index in [0.29, 0.717) is 0 Å². The molecule has 1 heterocycles. The molecule has 0 saturated heterocycles. The zero-order valence-corrected chi connectivity index (χ0v) is 11.7. The van der Waals surface area contributed by atoms with Crippen LogP contribution in [0.4, 0.5) is 5.69 Å². The minimum atomic E-state index is -0.379. The van der Waals surface area contributed by atoms with Gasteiger partial charge < -0.3 is 5.32 Å². The van der Waals surface area contributed by atoms with E-state index in [4.69, 9.17) is 0 Å². The van der Waals surface area contributed by atoms with Crippen LogP contribution in [0.2, 0.25) is 0 Å². The lowest BCUT2D eigenvalue weighted by Gasteiger charge is -2.02. The second-order valence-corrected chi connectivity index (χ2v) is 5.04. The smallest absolute Gasteiger partial charge is 0.270 e. The monoisotopic (exact) mass is 277 g/mol. The maximum Gasteiger partial charge on any atom is 0.270 e. The average molecular weight is 277 g/mol. The van der Waals surface area contributed by atoms with Gasteiger partial charge in [-0.3, -0.25) is 10.1 Å². The number of nitro benzene ring substituents is 1. The normalized spacial score (nSPS) is 10.6. The number of non-ortho nitro benzene ring substituents is 1. The van der Waals surface area contributed by atoms with Crippen molar-refractivity contribution in [2.24, 2.45) is 0 Å². The van der Waals surface area contributed by atoms with Crippen LogP contribution in [0, 0.1) is 17.0 Å². The Kier molecular flexibility index (Phi) is 4.24. The van der Waals surface area contributed by atoms with Gasteiger partial charge in [0.1, 0.15) is 5.01 Å². The summed E-state index contributed by atoms with van der Waals surface area (Å²) in [5.41, 5.74) is 2.90. The van der Waals surface area contributed by atoms with Gasteiger partial charge in [0.25, 0.3) is 5.69 Å². The van der Waals surface area contributed by atoms with E-state index < -0.39 is 0 Å². The summed E-state index contributed by atoms with van der Waals surface area (Å²) < 4.78 is 0. The van der Waals surface area contributed by atoms with Crippen LogP contribution in [0.15, 0.2) is 23.6 Å². The highest BCUT2D eigenvalue weighted by Crippen LogP contribution is 2.30. The third-order valence-corrected chi connectivity index (χ3v) is 3.69. The van der Waals surface area contributed by atoms with Gasteiger partial charge in [0, 0.05) is 29.6 Å². The average Bonchev–Trinajstić information content (AvgIpc) is 2.85. The van der Waals surface area contributed by atoms with E-state index in [1.54, 1.807) is 12.1 Å². The molecule has 1 N–H and O–H groups in total. The lowest BCUT2D eigenvalue weighted by atomic mass is 10.1. The van der Waals surface area contributed by atoms with E-state index in [9.17, 15) is 10.1 Å². The maximum absolute atomic E-state index is 10.8. The predicted octanol–water partition coefficient (Wildman–Crippen LogP) is 3.14. The van der Waals surface area contributed by atoms with E-state index in [2.05, 4.69) is 10.3 Å². The lowest BCUT2D eigenvalue weighted by molar-refractivity contribution is -0.384. The molecule has 2 aromatic rings. The Bertz CT molecular complexity index is 595. The number of rotatable bonds is 5. The fourth-order valence-corrected chi connectivity index (χ4v) is 2.62. The third-order valence-electron chi connectivity index (χ3n) is 2.77. The topological polar surface area (TPSA) is 68.1 Å². The molecule has 0 amide bonds. The standard InChI is InChI=1S/C13H15N3O2S/c1-3-14-7-10-8-19-13(15-10)12-6-11(16(17)18)5-4-9(12)2/h4-6,8,14H,3,7H2,1-2H3. The fraction of sp³-hybridized carbons (Fsp3) is 0.308. The molecule has 2 rings (SSSR count). The van der Waals surface area contributed by atoms with Crippen LogP contribution < -0.4 is 5.32 Å². The largest absolute Gasteiger partial charge is 0.311 e. The van der Waals surface area contributed by atoms with E-state index in [1.165, 1.54) is 17.4 Å². The van der Waals surface area contributed by atoms with Crippen molar-refractivity contribution in [2.75, 3.05) is 6.54 Å². The Labute approximate surface area is 115 Å². The first-order chi connectivity index (χ1) is 9.11. The molecule has 0 spiro atoms. The van der Waals surface area contributed by atoms with Crippen molar-refractivity contribution in [1.82, 2.24) is 10.3 Å². The number of thiazole rings is 1. The maximum atomic E-state index is 10.8. The van der Waals surface area contributed by atoms with Crippen LogP contribution in [-0.4, -0.2) is 16.5 Å². The van der Waals surface area contributed by atoms with E-state index in [-0.39, 0.29) is 10.6 Å². The molecule has 0 fully saturated rings. The first-order valence-corrected chi connectivity index (χ1v) is 6.90. The minimum Gasteiger partial charge on any atom is -0.311 e. The molecule has 0 aliphatic rings. The van der Waals surface area contributed by atoms with Gasteiger partial charge in [-0.2, -0.15) is 0 Å². The number of nitrogens with zero attached hydrogens (tertiary/aromatic N) is 2. The van der Waals surface area contributed by atoms with E-state index in [1.807, 2.05) is 19.2 Å². The zero-order chi connectivity index (χ0) is 13.8. The van der Waals surface area contributed by atoms with Crippen molar-refractivity contribution < 1.29 is 4.92 Å². The van der Waals surface area contributed by atoms with Gasteiger partial charge in [-0.05, 0) is 19.0 Å². The SMILES string of the molecule is CCNCc1csc(-c2cc([N+](=O)[O-])ccc2C)n1. The van der Waals surface area contributed by atoms with Crippen molar-refractivity contribution in [3.8, 4) is 10.6 Å². The summed E-state index contributed by atoms with van der Waals surface area (Å²) in [5.74, 6) is 0. The highest BCUT2D eigenvalue weighted by molar-refractivity contribution is 7.13. The number of aryl methyl sites for hydroxylation is 1. The van der Waals surface area contributed by atoms with Gasteiger partial charge in [-0.15, -0.1) is 11.3 Å². The summed E-state index contributed by atoms with van der Waals surface area (Å²) in [5, 5.41) is 16.8. The Morgan fingerprint density at radius 2 is 2.26 bits per heavy atom. The highest BCUT2D eigenvalue weighted by atomic mass is 32.1. The van der Waals surface area contributed by atoms with Gasteiger partial charge in [0.05, 0.1) is 10.6 Å². The molecule has 1 aromatic heterocycles. The molecule has 6 heteroatoms. The summed E-state index contributed by atoms with van der Waals surface area (Å²) in [6.07, 6.45) is 0. The summed E-state index contributed by atoms with van der Waals surface area (Å²) in [7, 11) is 0. The summed E-state index contributed by atoms with van der Waals surface area (Å²) in [4.78, 5) is 15.0. The van der Waals surface area contributed by atoms with Crippen LogP contribution >= 0.6 is 11.3 Å². The molecule has 0 aliphatic carbocycles. The number of benzene rings is 1. The summed E-state index contributed by atoms with van der Waals surface area (Å²) in [6, 6.07) is 4.87. The Morgan fingerprint density at radius 1 is 1.47 bits per heavy atom. The molecule has 19 heavy (non-hydrogen) atoms. The van der Waals surface area contributed by atoms with Crippen LogP contribution in [-0.2, 0) is 6.54 Å². The number of aromatic nitrogens is 1. The molecule has 0 unspecified atom stereocenters. The van der Waals surface area contributed by atoms with Gasteiger partial charge >= 0.3 is 0 Å². The molecule has 0 radical (unpaired) electrons. The minimum absolute atomic E-state index is 0.101. The number of hydrogen-bond donors (Lipinski definition) is 1. The second kappa shape index (κ2) is 5.90. The molecule has 5 nitrogen and oxygen atoms in total. The fourth-order valence-electron chi connectivity index (χ4n) is 1.72. The molecule has 0 bridgehead atoms. The van der Waals surface area contributed by atoms with Crippen molar-refractivity contribution in [3.05, 3.63) is 45.0 Å². The lowest BCUT2D eigenvalue weighted by Crippen LogP contribution is -2.11. The first-order valence-electron chi connectivity index (χ1n) is 6.02. The Balaban J connectivity index is 2.32. The van der Waals surface area contributed by atoms with Crippen LogP contribution in [0.5, 0.6) is 0 Å². The third kappa shape index (κ3) is 3.15. The van der Waals surface area contributed by atoms with Crippen molar-refractivity contribution in [3.63, 3.8) is 0 Å². The van der Waals surface area contributed by atoms with Crippen molar-refractivity contribution in [2.45, 2.75) is 20.4 Å². The quantitative estimate of drug-likeness (QED) is 0.673. The Morgan fingerprint density at radius 3 is 2.95 bits per heavy atom. The molecule has 0 atom stereocenters. The van der Waals surface area contributed by atoms with Crippen LogP contribution in [0.3, 0.4) is 0 Å². The summed E-state index contributed by atoms with van der Waals surface area (Å²) in [6.45, 7) is 5.59. The van der Waals surface area contributed by atoms with Crippen molar-refractivity contribution in [1.29, 1.82) is 0 Å². The number of hydrogen-bond acceptors (Lipinski definition) is 5. The van der Waals surface area contributed by atoms with E-state index >= 15 is 0 Å². The first kappa shape index (κ1) is 13.6. The van der Waals surface area contributed by atoms with Gasteiger partial charge in [-0.25, -0.2) is 4.98 Å². The number of nitro groups is 1. The molecule has 0 aliphatic heterocycles. The van der Waals surface area contributed by atoms with Crippen molar-refractivity contribution >= 4 is 17.0 Å². The zero-order valence-electron chi connectivity index (χ0n) is 10.8. The second-order valence-electron chi connectivity index (χ2n) is 4.18. The van der Waals surface area contributed by atoms with Gasteiger partial charge in [0.15, 0.2) is 0 Å².